The summed E-state index contributed by atoms with van der Waals surface area (Å²) in [7, 11) is 0. The van der Waals surface area contributed by atoms with Crippen molar-refractivity contribution in [3.63, 3.8) is 0 Å². The van der Waals surface area contributed by atoms with Crippen molar-refractivity contribution in [1.82, 2.24) is 14.5 Å². The van der Waals surface area contributed by atoms with Gasteiger partial charge in [0, 0.05) is 42.1 Å². The molecule has 0 aromatic heterocycles. The van der Waals surface area contributed by atoms with E-state index < -0.39 is 0 Å². The van der Waals surface area contributed by atoms with Gasteiger partial charge in [-0.15, -0.1) is 0 Å². The standard InChI is InChI=1S/C24H23ClN4/c25-20-10-6-18(7-11-20)17-29-16-4-5-22-24(29)27-23(26-22)19-8-12-21(13-9-19)28-14-2-1-3-15-28/h4-13,16H,1-3,14-15,17H2. The summed E-state index contributed by atoms with van der Waals surface area (Å²) < 4.78 is 2.14. The number of imidazole rings is 1. The fourth-order valence-corrected chi connectivity index (χ4v) is 4.12. The zero-order valence-corrected chi connectivity index (χ0v) is 17.0. The van der Waals surface area contributed by atoms with Crippen LogP contribution in [-0.4, -0.2) is 27.6 Å². The Morgan fingerprint density at radius 3 is 2.34 bits per heavy atom. The molecule has 29 heavy (non-hydrogen) atoms. The minimum atomic E-state index is 0.737. The van der Waals surface area contributed by atoms with Crippen LogP contribution in [0.25, 0.3) is 22.9 Å². The molecule has 1 fully saturated rings. The monoisotopic (exact) mass is 402 g/mol. The maximum absolute atomic E-state index is 6.01. The van der Waals surface area contributed by atoms with Crippen molar-refractivity contribution in [3.8, 4) is 22.9 Å². The Hall–Kier alpha value is -2.85. The van der Waals surface area contributed by atoms with Gasteiger partial charge < -0.3 is 9.47 Å². The second-order valence-corrected chi connectivity index (χ2v) is 8.05. The number of hydrogen-bond donors (Lipinski definition) is 0. The third-order valence-corrected chi connectivity index (χ3v) is 5.82. The third kappa shape index (κ3) is 3.85. The molecule has 3 aliphatic rings. The van der Waals surface area contributed by atoms with E-state index >= 15 is 0 Å². The van der Waals surface area contributed by atoms with Gasteiger partial charge in [0.05, 0.1) is 0 Å². The highest BCUT2D eigenvalue weighted by Crippen LogP contribution is 2.28. The normalized spacial score (nSPS) is 14.4. The van der Waals surface area contributed by atoms with Crippen molar-refractivity contribution in [1.29, 1.82) is 0 Å². The van der Waals surface area contributed by atoms with Crippen LogP contribution in [0.5, 0.6) is 0 Å². The number of nitrogens with zero attached hydrogens (tertiary/aromatic N) is 4. The highest BCUT2D eigenvalue weighted by Gasteiger charge is 2.16. The first-order valence-electron chi connectivity index (χ1n) is 10.2. The number of benzene rings is 2. The van der Waals surface area contributed by atoms with Gasteiger partial charge in [-0.2, -0.15) is 0 Å². The van der Waals surface area contributed by atoms with E-state index in [4.69, 9.17) is 21.6 Å². The SMILES string of the molecule is Clc1ccc(Cn2cccc3nc(-c4ccc(N5CCCCC5)cc4)nc2-3)cc1. The summed E-state index contributed by atoms with van der Waals surface area (Å²) in [5.74, 6) is 1.68. The fourth-order valence-electron chi connectivity index (χ4n) is 4.00. The smallest absolute Gasteiger partial charge is 0.162 e. The molecule has 1 saturated heterocycles. The van der Waals surface area contributed by atoms with Gasteiger partial charge >= 0.3 is 0 Å². The molecule has 0 N–H and O–H groups in total. The highest BCUT2D eigenvalue weighted by molar-refractivity contribution is 6.30. The molecule has 0 saturated carbocycles. The molecule has 0 unspecified atom stereocenters. The van der Waals surface area contributed by atoms with Gasteiger partial charge in [-0.05, 0) is 73.4 Å². The van der Waals surface area contributed by atoms with E-state index in [1.54, 1.807) is 0 Å². The summed E-state index contributed by atoms with van der Waals surface area (Å²) in [6.07, 6.45) is 5.97. The molecule has 0 spiro atoms. The van der Waals surface area contributed by atoms with Gasteiger partial charge in [0.15, 0.2) is 11.6 Å². The molecule has 2 aromatic rings. The highest BCUT2D eigenvalue weighted by atomic mass is 35.5. The number of fused-ring (bicyclic) bond motifs is 1. The first-order valence-corrected chi connectivity index (χ1v) is 10.6. The molecule has 5 heteroatoms. The molecular formula is C24H23ClN4. The van der Waals surface area contributed by atoms with Crippen LogP contribution in [0.3, 0.4) is 0 Å². The van der Waals surface area contributed by atoms with Gasteiger partial charge in [-0.25, -0.2) is 9.97 Å². The molecule has 0 radical (unpaired) electrons. The molecule has 0 atom stereocenters. The molecular weight excluding hydrogens is 380 g/mol. The van der Waals surface area contributed by atoms with E-state index in [2.05, 4.69) is 39.9 Å². The van der Waals surface area contributed by atoms with Gasteiger partial charge in [-0.1, -0.05) is 23.7 Å². The van der Waals surface area contributed by atoms with Crippen molar-refractivity contribution in [2.75, 3.05) is 18.0 Å². The van der Waals surface area contributed by atoms with Crippen molar-refractivity contribution in [3.05, 3.63) is 77.4 Å². The summed E-state index contributed by atoms with van der Waals surface area (Å²) in [5.41, 5.74) is 4.45. The third-order valence-electron chi connectivity index (χ3n) is 5.57. The van der Waals surface area contributed by atoms with Crippen LogP contribution in [0.15, 0.2) is 66.9 Å². The van der Waals surface area contributed by atoms with Crippen molar-refractivity contribution >= 4 is 17.3 Å². The second-order valence-electron chi connectivity index (χ2n) is 7.61. The second kappa shape index (κ2) is 7.88. The van der Waals surface area contributed by atoms with Crippen molar-refractivity contribution in [2.24, 2.45) is 0 Å². The Kier molecular flexibility index (Phi) is 4.94. The van der Waals surface area contributed by atoms with E-state index in [1.807, 2.05) is 36.4 Å². The average molecular weight is 403 g/mol. The molecule has 2 aromatic carbocycles. The minimum Gasteiger partial charge on any atom is -0.372 e. The Bertz CT molecular complexity index is 1060. The van der Waals surface area contributed by atoms with Crippen molar-refractivity contribution < 1.29 is 0 Å². The largest absolute Gasteiger partial charge is 0.372 e. The van der Waals surface area contributed by atoms with Crippen LogP contribution in [-0.2, 0) is 6.54 Å². The van der Waals surface area contributed by atoms with E-state index in [-0.39, 0.29) is 0 Å². The van der Waals surface area contributed by atoms with E-state index in [0.717, 1.165) is 47.6 Å². The number of rotatable bonds is 4. The van der Waals surface area contributed by atoms with Gasteiger partial charge in [-0.3, -0.25) is 0 Å². The number of hydrogen-bond acceptors (Lipinski definition) is 3. The Balaban J connectivity index is 1.42. The molecule has 3 heterocycles. The summed E-state index contributed by atoms with van der Waals surface area (Å²) in [4.78, 5) is 12.1. The average Bonchev–Trinajstić information content (AvgIpc) is 3.22. The van der Waals surface area contributed by atoms with Crippen molar-refractivity contribution in [2.45, 2.75) is 25.8 Å². The maximum Gasteiger partial charge on any atom is 0.162 e. The zero-order chi connectivity index (χ0) is 19.6. The van der Waals surface area contributed by atoms with Crippen LogP contribution in [0.1, 0.15) is 24.8 Å². The molecule has 5 rings (SSSR count). The Morgan fingerprint density at radius 1 is 0.828 bits per heavy atom. The van der Waals surface area contributed by atoms with Crippen LogP contribution < -0.4 is 4.90 Å². The lowest BCUT2D eigenvalue weighted by molar-refractivity contribution is 0.578. The number of anilines is 1. The van der Waals surface area contributed by atoms with Crippen LogP contribution in [0.2, 0.25) is 5.02 Å². The van der Waals surface area contributed by atoms with Crippen LogP contribution in [0.4, 0.5) is 5.69 Å². The van der Waals surface area contributed by atoms with Crippen LogP contribution >= 0.6 is 11.6 Å². The van der Waals surface area contributed by atoms with Gasteiger partial charge in [0.2, 0.25) is 0 Å². The summed E-state index contributed by atoms with van der Waals surface area (Å²) in [6.45, 7) is 3.04. The first kappa shape index (κ1) is 18.2. The lowest BCUT2D eigenvalue weighted by atomic mass is 10.1. The van der Waals surface area contributed by atoms with E-state index in [9.17, 15) is 0 Å². The summed E-state index contributed by atoms with van der Waals surface area (Å²) in [5, 5.41) is 0.750. The predicted octanol–water partition coefficient (Wildman–Crippen LogP) is 5.74. The molecule has 0 bridgehead atoms. The van der Waals surface area contributed by atoms with E-state index in [0.29, 0.717) is 0 Å². The number of piperidine rings is 1. The van der Waals surface area contributed by atoms with Gasteiger partial charge in [0.1, 0.15) is 5.69 Å². The minimum absolute atomic E-state index is 0.737. The molecule has 3 aliphatic heterocycles. The number of aromatic nitrogens is 3. The Labute approximate surface area is 176 Å². The molecule has 146 valence electrons. The topological polar surface area (TPSA) is 34.0 Å². The van der Waals surface area contributed by atoms with Crippen LogP contribution in [0, 0.1) is 0 Å². The quantitative estimate of drug-likeness (QED) is 0.436. The summed E-state index contributed by atoms with van der Waals surface area (Å²) in [6, 6.07) is 20.7. The summed E-state index contributed by atoms with van der Waals surface area (Å²) >= 11 is 6.01. The molecule has 0 amide bonds. The lowest BCUT2D eigenvalue weighted by Crippen LogP contribution is -2.29. The lowest BCUT2D eigenvalue weighted by Gasteiger charge is -2.28. The first-order chi connectivity index (χ1) is 14.3. The fraction of sp³-hybridized carbons (Fsp3) is 0.250. The predicted molar refractivity (Wildman–Crippen MR) is 119 cm³/mol. The zero-order valence-electron chi connectivity index (χ0n) is 16.3. The maximum atomic E-state index is 6.01. The number of halogens is 1. The molecule has 0 aliphatic carbocycles. The number of pyridine rings is 1. The van der Waals surface area contributed by atoms with Gasteiger partial charge in [0.25, 0.3) is 0 Å². The van der Waals surface area contributed by atoms with E-state index in [1.165, 1.54) is 30.5 Å². The molecule has 4 nitrogen and oxygen atoms in total. The Morgan fingerprint density at radius 2 is 1.59 bits per heavy atom.